The first-order valence-electron chi connectivity index (χ1n) is 9.91. The highest BCUT2D eigenvalue weighted by molar-refractivity contribution is 5.79. The van der Waals surface area contributed by atoms with Crippen LogP contribution in [0.2, 0.25) is 0 Å². The Bertz CT molecular complexity index is 823. The molecule has 2 heterocycles. The van der Waals surface area contributed by atoms with Crippen LogP contribution < -0.4 is 20.3 Å². The first kappa shape index (κ1) is 21.8. The van der Waals surface area contributed by atoms with Crippen LogP contribution in [0.5, 0.6) is 5.75 Å². The highest BCUT2D eigenvalue weighted by Gasteiger charge is 2.15. The molecular weight excluding hydrogens is 390 g/mol. The average Bonchev–Trinajstić information content (AvgIpc) is 2.75. The average molecular weight is 418 g/mol. The van der Waals surface area contributed by atoms with Crippen LogP contribution in [0.4, 0.5) is 14.6 Å². The van der Waals surface area contributed by atoms with Gasteiger partial charge in [0.05, 0.1) is 0 Å². The van der Waals surface area contributed by atoms with Crippen molar-refractivity contribution in [3.05, 3.63) is 53.7 Å². The molecule has 3 rings (SSSR count). The molecule has 0 amide bonds. The second kappa shape index (κ2) is 10.7. The lowest BCUT2D eigenvalue weighted by Gasteiger charge is -2.33. The van der Waals surface area contributed by atoms with Crippen molar-refractivity contribution in [3.63, 3.8) is 0 Å². The Balaban J connectivity index is 1.50. The molecule has 0 aliphatic carbocycles. The summed E-state index contributed by atoms with van der Waals surface area (Å²) in [6, 6.07) is 10.8. The molecule has 1 aromatic heterocycles. The molecule has 1 aliphatic heterocycles. The number of anilines is 1. The summed E-state index contributed by atoms with van der Waals surface area (Å²) in [4.78, 5) is 13.4. The predicted molar refractivity (Wildman–Crippen MR) is 114 cm³/mol. The molecule has 0 radical (unpaired) electrons. The van der Waals surface area contributed by atoms with Crippen LogP contribution in [0.1, 0.15) is 11.1 Å². The Hall–Kier alpha value is -2.94. The number of benzene rings is 1. The van der Waals surface area contributed by atoms with E-state index in [-0.39, 0.29) is 5.75 Å². The topological polar surface area (TPSA) is 65.0 Å². The van der Waals surface area contributed by atoms with E-state index in [0.717, 1.165) is 37.6 Å². The molecule has 1 aromatic carbocycles. The van der Waals surface area contributed by atoms with Crippen LogP contribution in [0, 0.1) is 0 Å². The maximum Gasteiger partial charge on any atom is 0.387 e. The van der Waals surface area contributed by atoms with Crippen molar-refractivity contribution < 1.29 is 13.5 Å². The van der Waals surface area contributed by atoms with Gasteiger partial charge in [-0.1, -0.05) is 24.3 Å². The van der Waals surface area contributed by atoms with E-state index in [0.29, 0.717) is 24.6 Å². The minimum absolute atomic E-state index is 0.152. The SMILES string of the molecule is CN=C(NCc1ccc(N2CCN(C)CC2)nc1)NCc1ccccc1OC(F)F. The van der Waals surface area contributed by atoms with Crippen LogP contribution in [-0.4, -0.2) is 62.7 Å². The summed E-state index contributed by atoms with van der Waals surface area (Å²) in [7, 11) is 3.79. The maximum atomic E-state index is 12.5. The summed E-state index contributed by atoms with van der Waals surface area (Å²) in [6.07, 6.45) is 1.86. The molecule has 1 aliphatic rings. The van der Waals surface area contributed by atoms with Gasteiger partial charge in [0.15, 0.2) is 5.96 Å². The lowest BCUT2D eigenvalue weighted by molar-refractivity contribution is -0.0504. The summed E-state index contributed by atoms with van der Waals surface area (Å²) in [6.45, 7) is 2.04. The molecular formula is C21H28F2N6O. The molecule has 0 spiro atoms. The Labute approximate surface area is 175 Å². The monoisotopic (exact) mass is 418 g/mol. The second-order valence-corrected chi connectivity index (χ2v) is 7.08. The smallest absolute Gasteiger partial charge is 0.387 e. The number of guanidine groups is 1. The number of piperazine rings is 1. The molecule has 0 bridgehead atoms. The number of nitrogens with zero attached hydrogens (tertiary/aromatic N) is 4. The molecule has 0 saturated carbocycles. The third-order valence-electron chi connectivity index (χ3n) is 4.95. The standard InChI is InChI=1S/C21H28F2N6O/c1-24-21(27-15-17-5-3-4-6-18(17)30-20(22)23)26-14-16-7-8-19(25-13-16)29-11-9-28(2)10-12-29/h3-8,13,20H,9-12,14-15H2,1-2H3,(H2,24,26,27). The maximum absolute atomic E-state index is 12.5. The summed E-state index contributed by atoms with van der Waals surface area (Å²) in [5.74, 6) is 1.70. The zero-order valence-corrected chi connectivity index (χ0v) is 17.3. The minimum atomic E-state index is -2.86. The van der Waals surface area contributed by atoms with Gasteiger partial charge < -0.3 is 25.2 Å². The molecule has 2 N–H and O–H groups in total. The Morgan fingerprint density at radius 2 is 1.83 bits per heavy atom. The quantitative estimate of drug-likeness (QED) is 0.532. The number of rotatable bonds is 7. The summed E-state index contributed by atoms with van der Waals surface area (Å²) in [5, 5.41) is 6.33. The van der Waals surface area contributed by atoms with Gasteiger partial charge in [-0.25, -0.2) is 4.98 Å². The largest absolute Gasteiger partial charge is 0.434 e. The highest BCUT2D eigenvalue weighted by Crippen LogP contribution is 2.20. The van der Waals surface area contributed by atoms with Crippen molar-refractivity contribution in [2.75, 3.05) is 45.2 Å². The van der Waals surface area contributed by atoms with E-state index in [2.05, 4.69) is 42.2 Å². The van der Waals surface area contributed by atoms with Gasteiger partial charge >= 0.3 is 6.61 Å². The van der Waals surface area contributed by atoms with Crippen molar-refractivity contribution in [1.82, 2.24) is 20.5 Å². The van der Waals surface area contributed by atoms with E-state index in [4.69, 9.17) is 0 Å². The first-order valence-corrected chi connectivity index (χ1v) is 9.91. The zero-order chi connectivity index (χ0) is 21.3. The van der Waals surface area contributed by atoms with Crippen LogP contribution >= 0.6 is 0 Å². The number of para-hydroxylation sites is 1. The fourth-order valence-electron chi connectivity index (χ4n) is 3.19. The molecule has 1 saturated heterocycles. The number of halogens is 2. The van der Waals surface area contributed by atoms with E-state index in [9.17, 15) is 8.78 Å². The van der Waals surface area contributed by atoms with Crippen molar-refractivity contribution in [2.45, 2.75) is 19.7 Å². The molecule has 0 atom stereocenters. The summed E-state index contributed by atoms with van der Waals surface area (Å²) < 4.78 is 29.7. The van der Waals surface area contributed by atoms with Crippen molar-refractivity contribution in [1.29, 1.82) is 0 Å². The van der Waals surface area contributed by atoms with Gasteiger partial charge in [-0.15, -0.1) is 0 Å². The van der Waals surface area contributed by atoms with Crippen molar-refractivity contribution in [3.8, 4) is 5.75 Å². The molecule has 7 nitrogen and oxygen atoms in total. The van der Waals surface area contributed by atoms with Gasteiger partial charge in [-0.05, 0) is 24.7 Å². The summed E-state index contributed by atoms with van der Waals surface area (Å²) >= 11 is 0. The number of nitrogens with one attached hydrogen (secondary N) is 2. The Morgan fingerprint density at radius 3 is 2.50 bits per heavy atom. The van der Waals surface area contributed by atoms with Gasteiger partial charge in [-0.2, -0.15) is 8.78 Å². The van der Waals surface area contributed by atoms with E-state index >= 15 is 0 Å². The Morgan fingerprint density at radius 1 is 1.10 bits per heavy atom. The number of hydrogen-bond donors (Lipinski definition) is 2. The number of likely N-dealkylation sites (N-methyl/N-ethyl adjacent to an activating group) is 1. The molecule has 1 fully saturated rings. The van der Waals surface area contributed by atoms with E-state index in [1.165, 1.54) is 6.07 Å². The lowest BCUT2D eigenvalue weighted by atomic mass is 10.2. The summed E-state index contributed by atoms with van der Waals surface area (Å²) in [5.41, 5.74) is 1.65. The normalized spacial score (nSPS) is 15.4. The second-order valence-electron chi connectivity index (χ2n) is 7.08. The number of pyridine rings is 1. The molecule has 162 valence electrons. The molecule has 9 heteroatoms. The minimum Gasteiger partial charge on any atom is -0.434 e. The fraction of sp³-hybridized carbons (Fsp3) is 0.429. The van der Waals surface area contributed by atoms with Crippen LogP contribution in [0.25, 0.3) is 0 Å². The van der Waals surface area contributed by atoms with Crippen LogP contribution in [0.3, 0.4) is 0 Å². The van der Waals surface area contributed by atoms with E-state index in [1.54, 1.807) is 25.2 Å². The zero-order valence-electron chi connectivity index (χ0n) is 17.3. The van der Waals surface area contributed by atoms with Crippen LogP contribution in [-0.2, 0) is 13.1 Å². The van der Waals surface area contributed by atoms with E-state index < -0.39 is 6.61 Å². The highest BCUT2D eigenvalue weighted by atomic mass is 19.3. The van der Waals surface area contributed by atoms with Gasteiger partial charge in [0.25, 0.3) is 0 Å². The molecule has 2 aromatic rings. The predicted octanol–water partition coefficient (Wildman–Crippen LogP) is 2.30. The van der Waals surface area contributed by atoms with Crippen molar-refractivity contribution >= 4 is 11.8 Å². The molecule has 0 unspecified atom stereocenters. The van der Waals surface area contributed by atoms with Gasteiger partial charge in [0, 0.05) is 58.1 Å². The third-order valence-corrected chi connectivity index (χ3v) is 4.95. The van der Waals surface area contributed by atoms with Crippen LogP contribution in [0.15, 0.2) is 47.6 Å². The van der Waals surface area contributed by atoms with Gasteiger partial charge in [0.2, 0.25) is 0 Å². The first-order chi connectivity index (χ1) is 14.5. The molecule has 30 heavy (non-hydrogen) atoms. The number of ether oxygens (including phenoxy) is 1. The van der Waals surface area contributed by atoms with Gasteiger partial charge in [0.1, 0.15) is 11.6 Å². The Kier molecular flexibility index (Phi) is 7.78. The van der Waals surface area contributed by atoms with Crippen molar-refractivity contribution in [2.24, 2.45) is 4.99 Å². The number of alkyl halides is 2. The van der Waals surface area contributed by atoms with E-state index in [1.807, 2.05) is 18.3 Å². The number of aromatic nitrogens is 1. The fourth-order valence-corrected chi connectivity index (χ4v) is 3.19. The van der Waals surface area contributed by atoms with Gasteiger partial charge in [-0.3, -0.25) is 4.99 Å². The number of hydrogen-bond acceptors (Lipinski definition) is 5. The number of aliphatic imine (C=N–C) groups is 1. The lowest BCUT2D eigenvalue weighted by Crippen LogP contribution is -2.44. The third kappa shape index (κ3) is 6.28.